The van der Waals surface area contributed by atoms with Crippen LogP contribution < -0.4 is 4.74 Å². The van der Waals surface area contributed by atoms with Crippen molar-refractivity contribution in [3.8, 4) is 11.8 Å². The van der Waals surface area contributed by atoms with Gasteiger partial charge in [-0.3, -0.25) is 0 Å². The third-order valence-electron chi connectivity index (χ3n) is 2.57. The zero-order valence-corrected chi connectivity index (χ0v) is 9.82. The molecule has 0 radical (unpaired) electrons. The predicted molar refractivity (Wildman–Crippen MR) is 59.5 cm³/mol. The van der Waals surface area contributed by atoms with Gasteiger partial charge in [0.2, 0.25) is 0 Å². The second kappa shape index (κ2) is 4.36. The van der Waals surface area contributed by atoms with Gasteiger partial charge in [-0.25, -0.2) is 4.98 Å². The maximum Gasteiger partial charge on any atom is 0.419 e. The van der Waals surface area contributed by atoms with Crippen molar-refractivity contribution in [3.63, 3.8) is 0 Å². The summed E-state index contributed by atoms with van der Waals surface area (Å²) in [5, 5.41) is 0. The highest BCUT2D eigenvalue weighted by molar-refractivity contribution is 5.37. The van der Waals surface area contributed by atoms with Gasteiger partial charge < -0.3 is 9.30 Å². The van der Waals surface area contributed by atoms with Crippen LogP contribution in [0.2, 0.25) is 0 Å². The van der Waals surface area contributed by atoms with Gasteiger partial charge in [0, 0.05) is 12.7 Å². The fourth-order valence-electron chi connectivity index (χ4n) is 1.46. The molecule has 1 aromatic carbocycles. The number of hydrogen-bond acceptors (Lipinski definition) is 2. The number of halogens is 3. The standard InChI is InChI=1S/C12H11F3N2O/c1-8-7-16-11(17(8)2)18-10-6-4-3-5-9(10)12(13,14)15/h3-7H,1-2H3. The van der Waals surface area contributed by atoms with Crippen molar-refractivity contribution in [2.24, 2.45) is 7.05 Å². The van der Waals surface area contributed by atoms with E-state index in [2.05, 4.69) is 4.98 Å². The van der Waals surface area contributed by atoms with Gasteiger partial charge in [-0.2, -0.15) is 13.2 Å². The molecule has 0 spiro atoms. The number of nitrogens with zero attached hydrogens (tertiary/aromatic N) is 2. The summed E-state index contributed by atoms with van der Waals surface area (Å²) in [5.41, 5.74) is -0.0138. The Bertz CT molecular complexity index is 561. The number of rotatable bonds is 2. The average Bonchev–Trinajstić information content (AvgIpc) is 2.60. The normalized spacial score (nSPS) is 11.6. The molecule has 1 aromatic heterocycles. The van der Waals surface area contributed by atoms with Crippen LogP contribution in [-0.4, -0.2) is 9.55 Å². The van der Waals surface area contributed by atoms with Crippen LogP contribution in [-0.2, 0) is 13.2 Å². The highest BCUT2D eigenvalue weighted by Gasteiger charge is 2.34. The van der Waals surface area contributed by atoms with E-state index in [0.717, 1.165) is 11.8 Å². The minimum Gasteiger partial charge on any atom is -0.425 e. The fraction of sp³-hybridized carbons (Fsp3) is 0.250. The molecule has 0 unspecified atom stereocenters. The van der Waals surface area contributed by atoms with Gasteiger partial charge >= 0.3 is 12.2 Å². The van der Waals surface area contributed by atoms with E-state index in [4.69, 9.17) is 4.74 Å². The van der Waals surface area contributed by atoms with Crippen LogP contribution >= 0.6 is 0 Å². The number of benzene rings is 1. The molecule has 0 saturated heterocycles. The molecule has 0 aliphatic rings. The summed E-state index contributed by atoms with van der Waals surface area (Å²) in [6.45, 7) is 1.79. The summed E-state index contributed by atoms with van der Waals surface area (Å²) in [7, 11) is 1.67. The molecule has 0 aliphatic carbocycles. The Morgan fingerprint density at radius 1 is 1.22 bits per heavy atom. The second-order valence-electron chi connectivity index (χ2n) is 3.84. The minimum absolute atomic E-state index is 0.129. The van der Waals surface area contributed by atoms with Gasteiger partial charge in [0.05, 0.1) is 11.8 Å². The summed E-state index contributed by atoms with van der Waals surface area (Å²) in [6, 6.07) is 5.18. The zero-order valence-electron chi connectivity index (χ0n) is 9.82. The Labute approximate surface area is 102 Å². The molecule has 0 atom stereocenters. The third-order valence-corrected chi connectivity index (χ3v) is 2.57. The van der Waals surface area contributed by atoms with Gasteiger partial charge in [-0.15, -0.1) is 0 Å². The largest absolute Gasteiger partial charge is 0.425 e. The van der Waals surface area contributed by atoms with Crippen LogP contribution in [0.3, 0.4) is 0 Å². The van der Waals surface area contributed by atoms with E-state index in [1.165, 1.54) is 24.4 Å². The summed E-state index contributed by atoms with van der Waals surface area (Å²) in [4.78, 5) is 3.91. The molecule has 18 heavy (non-hydrogen) atoms. The lowest BCUT2D eigenvalue weighted by Gasteiger charge is -2.12. The summed E-state index contributed by atoms with van der Waals surface area (Å²) >= 11 is 0. The van der Waals surface area contributed by atoms with Crippen molar-refractivity contribution in [3.05, 3.63) is 41.7 Å². The summed E-state index contributed by atoms with van der Waals surface area (Å²) in [5.74, 6) is -0.251. The lowest BCUT2D eigenvalue weighted by Crippen LogP contribution is -2.07. The Hall–Kier alpha value is -1.98. The number of para-hydroxylation sites is 1. The van der Waals surface area contributed by atoms with Crippen LogP contribution in [0.25, 0.3) is 0 Å². The first-order valence-corrected chi connectivity index (χ1v) is 5.22. The molecule has 0 bridgehead atoms. The molecule has 6 heteroatoms. The first-order chi connectivity index (χ1) is 8.39. The molecule has 0 N–H and O–H groups in total. The molecular weight excluding hydrogens is 245 g/mol. The van der Waals surface area contributed by atoms with Crippen molar-refractivity contribution in [2.45, 2.75) is 13.1 Å². The summed E-state index contributed by atoms with van der Waals surface area (Å²) in [6.07, 6.45) is -2.91. The molecular formula is C12H11F3N2O. The second-order valence-corrected chi connectivity index (χ2v) is 3.84. The number of hydrogen-bond donors (Lipinski definition) is 0. The highest BCUT2D eigenvalue weighted by atomic mass is 19.4. The molecule has 3 nitrogen and oxygen atoms in total. The average molecular weight is 256 g/mol. The van der Waals surface area contributed by atoms with Gasteiger partial charge in [-0.1, -0.05) is 12.1 Å². The lowest BCUT2D eigenvalue weighted by atomic mass is 10.2. The Morgan fingerprint density at radius 2 is 1.89 bits per heavy atom. The molecule has 2 aromatic rings. The lowest BCUT2D eigenvalue weighted by molar-refractivity contribution is -0.138. The first-order valence-electron chi connectivity index (χ1n) is 5.22. The van der Waals surface area contributed by atoms with Gasteiger partial charge in [-0.05, 0) is 19.1 Å². The fourth-order valence-corrected chi connectivity index (χ4v) is 1.46. The number of aryl methyl sites for hydroxylation is 1. The zero-order chi connectivity index (χ0) is 13.3. The van der Waals surface area contributed by atoms with Crippen molar-refractivity contribution in [1.29, 1.82) is 0 Å². The van der Waals surface area contributed by atoms with E-state index in [9.17, 15) is 13.2 Å². The van der Waals surface area contributed by atoms with E-state index < -0.39 is 11.7 Å². The molecule has 0 saturated carbocycles. The monoisotopic (exact) mass is 256 g/mol. The van der Waals surface area contributed by atoms with E-state index in [0.29, 0.717) is 0 Å². The number of ether oxygens (including phenoxy) is 1. The molecule has 0 fully saturated rings. The van der Waals surface area contributed by atoms with E-state index in [-0.39, 0.29) is 11.8 Å². The minimum atomic E-state index is -4.45. The molecule has 1 heterocycles. The predicted octanol–water partition coefficient (Wildman–Crippen LogP) is 3.54. The Balaban J connectivity index is 2.38. The highest BCUT2D eigenvalue weighted by Crippen LogP contribution is 2.37. The van der Waals surface area contributed by atoms with Crippen LogP contribution in [0, 0.1) is 6.92 Å². The molecule has 2 rings (SSSR count). The Morgan fingerprint density at radius 3 is 2.44 bits per heavy atom. The molecule has 0 amide bonds. The maximum atomic E-state index is 12.7. The Kier molecular flexibility index (Phi) is 3.02. The van der Waals surface area contributed by atoms with Crippen LogP contribution in [0.15, 0.2) is 30.5 Å². The van der Waals surface area contributed by atoms with E-state index in [1.807, 2.05) is 0 Å². The first kappa shape index (κ1) is 12.5. The van der Waals surface area contributed by atoms with Crippen LogP contribution in [0.4, 0.5) is 13.2 Å². The third kappa shape index (κ3) is 2.32. The number of aromatic nitrogens is 2. The summed E-state index contributed by atoms with van der Waals surface area (Å²) < 4.78 is 45.0. The molecule has 0 aliphatic heterocycles. The van der Waals surface area contributed by atoms with Crippen molar-refractivity contribution in [1.82, 2.24) is 9.55 Å². The SMILES string of the molecule is Cc1cnc(Oc2ccccc2C(F)(F)F)n1C. The van der Waals surface area contributed by atoms with E-state index >= 15 is 0 Å². The van der Waals surface area contributed by atoms with Crippen LogP contribution in [0.5, 0.6) is 11.8 Å². The van der Waals surface area contributed by atoms with Crippen molar-refractivity contribution < 1.29 is 17.9 Å². The van der Waals surface area contributed by atoms with Crippen LogP contribution in [0.1, 0.15) is 11.3 Å². The topological polar surface area (TPSA) is 27.1 Å². The quantitative estimate of drug-likeness (QED) is 0.821. The number of imidazole rings is 1. The maximum absolute atomic E-state index is 12.7. The molecule has 96 valence electrons. The van der Waals surface area contributed by atoms with Gasteiger partial charge in [0.1, 0.15) is 5.75 Å². The van der Waals surface area contributed by atoms with Gasteiger partial charge in [0.15, 0.2) is 0 Å². The number of alkyl halides is 3. The van der Waals surface area contributed by atoms with E-state index in [1.54, 1.807) is 18.5 Å². The van der Waals surface area contributed by atoms with Crippen molar-refractivity contribution in [2.75, 3.05) is 0 Å². The smallest absolute Gasteiger partial charge is 0.419 e. The van der Waals surface area contributed by atoms with Gasteiger partial charge in [0.25, 0.3) is 0 Å². The van der Waals surface area contributed by atoms with Crippen molar-refractivity contribution >= 4 is 0 Å².